The highest BCUT2D eigenvalue weighted by Gasteiger charge is 1.95. The summed E-state index contributed by atoms with van der Waals surface area (Å²) in [5.74, 6) is 0. The van der Waals surface area contributed by atoms with Gasteiger partial charge in [-0.3, -0.25) is 0 Å². The number of hydrogen-bond acceptors (Lipinski definition) is 0. The van der Waals surface area contributed by atoms with Gasteiger partial charge in [-0.25, -0.2) is 0 Å². The molecular formula is C16H27Br. The lowest BCUT2D eigenvalue weighted by Gasteiger charge is -2.05. The molecule has 0 aromatic carbocycles. The second-order valence-corrected chi connectivity index (χ2v) is 5.72. The van der Waals surface area contributed by atoms with Crippen LogP contribution >= 0.6 is 15.9 Å². The first-order valence-corrected chi connectivity index (χ1v) is 7.59. The zero-order valence-corrected chi connectivity index (χ0v) is 13.7. The third kappa shape index (κ3) is 9.41. The molecule has 1 heteroatoms. The molecule has 0 aromatic rings. The van der Waals surface area contributed by atoms with Crippen LogP contribution < -0.4 is 0 Å². The predicted molar refractivity (Wildman–Crippen MR) is 83.8 cm³/mol. The molecule has 0 aromatic heterocycles. The standard InChI is InChI=1S/C16H27Br/c1-13(2)16(5)10-9-14(3)7-6-8-15(4)11-12-17/h7,11H,6,8-10,12H2,1-5H3. The van der Waals surface area contributed by atoms with Crippen molar-refractivity contribution in [2.24, 2.45) is 0 Å². The van der Waals surface area contributed by atoms with Crippen molar-refractivity contribution in [3.8, 4) is 0 Å². The van der Waals surface area contributed by atoms with Crippen molar-refractivity contribution >= 4 is 15.9 Å². The van der Waals surface area contributed by atoms with Crippen LogP contribution in [0.2, 0.25) is 0 Å². The normalized spacial score (nSPS) is 12.8. The summed E-state index contributed by atoms with van der Waals surface area (Å²) >= 11 is 3.43. The van der Waals surface area contributed by atoms with E-state index in [1.165, 1.54) is 48.0 Å². The fourth-order valence-electron chi connectivity index (χ4n) is 1.52. The van der Waals surface area contributed by atoms with Crippen LogP contribution in [0.15, 0.2) is 34.4 Å². The molecule has 0 fully saturated rings. The molecule has 0 N–H and O–H groups in total. The van der Waals surface area contributed by atoms with Crippen LogP contribution in [0.25, 0.3) is 0 Å². The lowest BCUT2D eigenvalue weighted by Crippen LogP contribution is -1.84. The number of halogens is 1. The van der Waals surface area contributed by atoms with Crippen molar-refractivity contribution in [1.82, 2.24) is 0 Å². The van der Waals surface area contributed by atoms with E-state index >= 15 is 0 Å². The molecule has 0 heterocycles. The highest BCUT2D eigenvalue weighted by molar-refractivity contribution is 9.09. The molecule has 0 amide bonds. The van der Waals surface area contributed by atoms with Gasteiger partial charge in [0.1, 0.15) is 0 Å². The summed E-state index contributed by atoms with van der Waals surface area (Å²) in [5, 5.41) is 0.974. The van der Waals surface area contributed by atoms with E-state index in [1.807, 2.05) is 0 Å². The summed E-state index contributed by atoms with van der Waals surface area (Å²) in [5.41, 5.74) is 6.01. The molecular weight excluding hydrogens is 272 g/mol. The average Bonchev–Trinajstić information content (AvgIpc) is 2.26. The fraction of sp³-hybridized carbons (Fsp3) is 0.625. The van der Waals surface area contributed by atoms with Gasteiger partial charge in [0.2, 0.25) is 0 Å². The number of hydrogen-bond donors (Lipinski definition) is 0. The van der Waals surface area contributed by atoms with E-state index < -0.39 is 0 Å². The zero-order chi connectivity index (χ0) is 13.3. The maximum Gasteiger partial charge on any atom is 0.0214 e. The van der Waals surface area contributed by atoms with E-state index in [4.69, 9.17) is 0 Å². The molecule has 17 heavy (non-hydrogen) atoms. The van der Waals surface area contributed by atoms with Gasteiger partial charge in [-0.05, 0) is 60.3 Å². The van der Waals surface area contributed by atoms with E-state index in [1.54, 1.807) is 0 Å². The summed E-state index contributed by atoms with van der Waals surface area (Å²) in [6.45, 7) is 11.1. The molecule has 0 unspecified atom stereocenters. The Labute approximate surface area is 116 Å². The Kier molecular flexibility index (Phi) is 9.53. The zero-order valence-electron chi connectivity index (χ0n) is 12.1. The predicted octanol–water partition coefficient (Wildman–Crippen LogP) is 6.19. The topological polar surface area (TPSA) is 0 Å². The highest BCUT2D eigenvalue weighted by Crippen LogP contribution is 2.15. The molecule has 0 saturated carbocycles. The molecule has 0 aliphatic heterocycles. The molecule has 0 spiro atoms. The van der Waals surface area contributed by atoms with Crippen molar-refractivity contribution in [1.29, 1.82) is 0 Å². The Bertz CT molecular complexity index is 301. The summed E-state index contributed by atoms with van der Waals surface area (Å²) in [4.78, 5) is 0. The van der Waals surface area contributed by atoms with Gasteiger partial charge in [0, 0.05) is 5.33 Å². The van der Waals surface area contributed by atoms with Crippen molar-refractivity contribution in [3.05, 3.63) is 34.4 Å². The smallest absolute Gasteiger partial charge is 0.0214 e. The van der Waals surface area contributed by atoms with Crippen LogP contribution in [0.4, 0.5) is 0 Å². The van der Waals surface area contributed by atoms with E-state index in [-0.39, 0.29) is 0 Å². The fourth-order valence-corrected chi connectivity index (χ4v) is 2.07. The number of allylic oxidation sites excluding steroid dienone is 6. The molecule has 0 atom stereocenters. The first-order chi connectivity index (χ1) is 7.97. The third-order valence-electron chi connectivity index (χ3n) is 3.20. The molecule has 0 aliphatic rings. The summed E-state index contributed by atoms with van der Waals surface area (Å²) in [7, 11) is 0. The SMILES string of the molecule is CC(=CCBr)CCC=C(C)CCC(C)=C(C)C. The van der Waals surface area contributed by atoms with Crippen LogP contribution in [0.3, 0.4) is 0 Å². The summed E-state index contributed by atoms with van der Waals surface area (Å²) < 4.78 is 0. The molecule has 0 nitrogen and oxygen atoms in total. The number of rotatable bonds is 7. The van der Waals surface area contributed by atoms with Gasteiger partial charge in [0.05, 0.1) is 0 Å². The summed E-state index contributed by atoms with van der Waals surface area (Å²) in [6.07, 6.45) is 9.42. The van der Waals surface area contributed by atoms with Crippen molar-refractivity contribution in [2.75, 3.05) is 5.33 Å². The minimum absolute atomic E-state index is 0.974. The van der Waals surface area contributed by atoms with Gasteiger partial charge in [-0.1, -0.05) is 50.4 Å². The van der Waals surface area contributed by atoms with Crippen LogP contribution in [-0.4, -0.2) is 5.33 Å². The number of alkyl halides is 1. The molecule has 0 bridgehead atoms. The van der Waals surface area contributed by atoms with Gasteiger partial charge >= 0.3 is 0 Å². The Morgan fingerprint density at radius 1 is 0.824 bits per heavy atom. The molecule has 0 aliphatic carbocycles. The maximum absolute atomic E-state index is 3.43. The van der Waals surface area contributed by atoms with Crippen molar-refractivity contribution in [2.45, 2.75) is 60.3 Å². The van der Waals surface area contributed by atoms with Crippen molar-refractivity contribution < 1.29 is 0 Å². The van der Waals surface area contributed by atoms with Crippen molar-refractivity contribution in [3.63, 3.8) is 0 Å². The van der Waals surface area contributed by atoms with E-state index in [2.05, 4.69) is 62.7 Å². The Morgan fingerprint density at radius 2 is 1.41 bits per heavy atom. The molecule has 98 valence electrons. The van der Waals surface area contributed by atoms with Gasteiger partial charge in [0.25, 0.3) is 0 Å². The second kappa shape index (κ2) is 9.70. The highest BCUT2D eigenvalue weighted by atomic mass is 79.9. The van der Waals surface area contributed by atoms with Crippen LogP contribution in [0.5, 0.6) is 0 Å². The monoisotopic (exact) mass is 298 g/mol. The molecule has 0 rings (SSSR count). The van der Waals surface area contributed by atoms with Gasteiger partial charge < -0.3 is 0 Å². The average molecular weight is 299 g/mol. The first-order valence-electron chi connectivity index (χ1n) is 6.47. The maximum atomic E-state index is 3.43. The van der Waals surface area contributed by atoms with Gasteiger partial charge in [-0.15, -0.1) is 0 Å². The van der Waals surface area contributed by atoms with Crippen LogP contribution in [0, 0.1) is 0 Å². The largest absolute Gasteiger partial charge is 0.0883 e. The van der Waals surface area contributed by atoms with E-state index in [0.717, 1.165) is 5.33 Å². The van der Waals surface area contributed by atoms with E-state index in [0.29, 0.717) is 0 Å². The first kappa shape index (κ1) is 16.7. The van der Waals surface area contributed by atoms with Crippen LogP contribution in [0.1, 0.15) is 60.3 Å². The minimum atomic E-state index is 0.974. The van der Waals surface area contributed by atoms with Gasteiger partial charge in [0.15, 0.2) is 0 Å². The Balaban J connectivity index is 3.96. The molecule has 0 saturated heterocycles. The second-order valence-electron chi connectivity index (χ2n) is 5.07. The third-order valence-corrected chi connectivity index (χ3v) is 3.53. The minimum Gasteiger partial charge on any atom is -0.0883 e. The molecule has 0 radical (unpaired) electrons. The quantitative estimate of drug-likeness (QED) is 0.388. The summed E-state index contributed by atoms with van der Waals surface area (Å²) in [6, 6.07) is 0. The Morgan fingerprint density at radius 3 is 1.94 bits per heavy atom. The van der Waals surface area contributed by atoms with E-state index in [9.17, 15) is 0 Å². The van der Waals surface area contributed by atoms with Crippen LogP contribution in [-0.2, 0) is 0 Å². The Hall–Kier alpha value is -0.300. The lowest BCUT2D eigenvalue weighted by atomic mass is 10.0. The lowest BCUT2D eigenvalue weighted by molar-refractivity contribution is 0.884. The van der Waals surface area contributed by atoms with Gasteiger partial charge in [-0.2, -0.15) is 0 Å².